The van der Waals surface area contributed by atoms with Crippen LogP contribution in [0.2, 0.25) is 0 Å². The van der Waals surface area contributed by atoms with Crippen LogP contribution in [-0.4, -0.2) is 16.5 Å². The summed E-state index contributed by atoms with van der Waals surface area (Å²) in [4.78, 5) is 14.4. The number of para-hydroxylation sites is 1. The Bertz CT molecular complexity index is 645. The maximum Gasteiger partial charge on any atom is 0.310 e. The number of hydrogen-bond acceptors (Lipinski definition) is 5. The van der Waals surface area contributed by atoms with Gasteiger partial charge in [0, 0.05) is 18.2 Å². The van der Waals surface area contributed by atoms with Crippen LogP contribution in [-0.2, 0) is 0 Å². The molecule has 1 aromatic heterocycles. The molecule has 0 radical (unpaired) electrons. The minimum Gasteiger partial charge on any atom is -0.493 e. The van der Waals surface area contributed by atoms with E-state index >= 15 is 0 Å². The van der Waals surface area contributed by atoms with Crippen molar-refractivity contribution >= 4 is 11.4 Å². The lowest BCUT2D eigenvalue weighted by Gasteiger charge is -2.27. The van der Waals surface area contributed by atoms with Gasteiger partial charge in [-0.1, -0.05) is 18.2 Å². The lowest BCUT2D eigenvalue weighted by Crippen LogP contribution is -2.20. The van der Waals surface area contributed by atoms with Gasteiger partial charge in [0.2, 0.25) is 0 Å². The molecule has 1 aliphatic heterocycles. The fourth-order valence-corrected chi connectivity index (χ4v) is 2.33. The highest BCUT2D eigenvalue weighted by Gasteiger charge is 2.23. The van der Waals surface area contributed by atoms with Gasteiger partial charge in [-0.15, -0.1) is 0 Å². The molecular formula is C14H13N3O3. The van der Waals surface area contributed by atoms with E-state index in [-0.39, 0.29) is 11.7 Å². The molecular weight excluding hydrogens is 258 g/mol. The first kappa shape index (κ1) is 12.4. The summed E-state index contributed by atoms with van der Waals surface area (Å²) in [6.07, 6.45) is 3.56. The summed E-state index contributed by atoms with van der Waals surface area (Å²) in [6.45, 7) is 0.591. The van der Waals surface area contributed by atoms with Crippen LogP contribution in [0.5, 0.6) is 5.75 Å². The second-order valence-electron chi connectivity index (χ2n) is 4.52. The predicted octanol–water partition coefficient (Wildman–Crippen LogP) is 2.93. The van der Waals surface area contributed by atoms with Gasteiger partial charge in [-0.2, -0.15) is 0 Å². The van der Waals surface area contributed by atoms with Crippen LogP contribution < -0.4 is 10.1 Å². The molecule has 0 amide bonds. The summed E-state index contributed by atoms with van der Waals surface area (Å²) in [5.74, 6) is 0.827. The monoisotopic (exact) mass is 271 g/mol. The maximum atomic E-state index is 11.0. The molecule has 1 aromatic carbocycles. The summed E-state index contributed by atoms with van der Waals surface area (Å²) in [5.41, 5.74) is 1.48. The van der Waals surface area contributed by atoms with Crippen LogP contribution in [0.15, 0.2) is 42.7 Å². The molecule has 1 N–H and O–H groups in total. The molecule has 0 aliphatic carbocycles. The highest BCUT2D eigenvalue weighted by molar-refractivity contribution is 5.61. The van der Waals surface area contributed by atoms with Gasteiger partial charge in [0.15, 0.2) is 0 Å². The number of benzene rings is 1. The van der Waals surface area contributed by atoms with Crippen LogP contribution in [0, 0.1) is 10.1 Å². The normalized spacial score (nSPS) is 16.9. The van der Waals surface area contributed by atoms with Crippen molar-refractivity contribution in [1.82, 2.24) is 4.98 Å². The Balaban J connectivity index is 1.92. The van der Waals surface area contributed by atoms with Crippen molar-refractivity contribution in [3.8, 4) is 5.75 Å². The van der Waals surface area contributed by atoms with E-state index in [1.807, 2.05) is 24.3 Å². The van der Waals surface area contributed by atoms with Gasteiger partial charge in [0.25, 0.3) is 0 Å². The first-order valence-electron chi connectivity index (χ1n) is 6.32. The summed E-state index contributed by atoms with van der Waals surface area (Å²) in [5, 5.41) is 14.2. The lowest BCUT2D eigenvalue weighted by atomic mass is 10.0. The van der Waals surface area contributed by atoms with E-state index in [1.165, 1.54) is 6.20 Å². The summed E-state index contributed by atoms with van der Waals surface area (Å²) < 4.78 is 5.58. The third kappa shape index (κ3) is 2.27. The van der Waals surface area contributed by atoms with Gasteiger partial charge < -0.3 is 10.1 Å². The molecule has 0 saturated carbocycles. The number of nitro groups is 1. The van der Waals surface area contributed by atoms with Crippen molar-refractivity contribution < 1.29 is 9.66 Å². The van der Waals surface area contributed by atoms with Crippen molar-refractivity contribution in [2.75, 3.05) is 11.9 Å². The Labute approximate surface area is 115 Å². The Hall–Kier alpha value is -2.63. The first-order valence-corrected chi connectivity index (χ1v) is 6.32. The number of hydrogen-bond donors (Lipinski definition) is 1. The minimum atomic E-state index is -0.430. The second kappa shape index (κ2) is 5.16. The van der Waals surface area contributed by atoms with E-state index in [9.17, 15) is 10.1 Å². The molecule has 0 saturated heterocycles. The number of nitrogens with zero attached hydrogens (tertiary/aromatic N) is 2. The molecule has 0 bridgehead atoms. The maximum absolute atomic E-state index is 11.0. The van der Waals surface area contributed by atoms with Crippen molar-refractivity contribution in [2.24, 2.45) is 0 Å². The van der Waals surface area contributed by atoms with Gasteiger partial charge in [-0.3, -0.25) is 15.1 Å². The Kier molecular flexibility index (Phi) is 3.20. The van der Waals surface area contributed by atoms with Gasteiger partial charge in [0.1, 0.15) is 17.6 Å². The fourth-order valence-electron chi connectivity index (χ4n) is 2.33. The molecule has 2 heterocycles. The smallest absolute Gasteiger partial charge is 0.310 e. The largest absolute Gasteiger partial charge is 0.493 e. The Morgan fingerprint density at radius 1 is 1.35 bits per heavy atom. The molecule has 6 heteroatoms. The number of pyridine rings is 1. The lowest BCUT2D eigenvalue weighted by molar-refractivity contribution is -0.384. The number of anilines is 1. The predicted molar refractivity (Wildman–Crippen MR) is 73.8 cm³/mol. The summed E-state index contributed by atoms with van der Waals surface area (Å²) in [6, 6.07) is 9.35. The van der Waals surface area contributed by atoms with Crippen molar-refractivity contribution in [3.05, 3.63) is 58.4 Å². The van der Waals surface area contributed by atoms with Crippen molar-refractivity contribution in [2.45, 2.75) is 12.5 Å². The molecule has 20 heavy (non-hydrogen) atoms. The Morgan fingerprint density at radius 2 is 2.20 bits per heavy atom. The van der Waals surface area contributed by atoms with Crippen LogP contribution in [0.1, 0.15) is 18.0 Å². The van der Waals surface area contributed by atoms with E-state index in [0.717, 1.165) is 17.7 Å². The number of rotatable bonds is 3. The molecule has 1 unspecified atom stereocenters. The van der Waals surface area contributed by atoms with Crippen LogP contribution >= 0.6 is 0 Å². The number of aromatic nitrogens is 1. The van der Waals surface area contributed by atoms with Crippen molar-refractivity contribution in [1.29, 1.82) is 0 Å². The highest BCUT2D eigenvalue weighted by atomic mass is 16.6. The second-order valence-corrected chi connectivity index (χ2v) is 4.52. The molecule has 0 spiro atoms. The highest BCUT2D eigenvalue weighted by Crippen LogP contribution is 2.35. The SMILES string of the molecule is O=[N+]([O-])c1cnccc1NC1CCOc2ccccc21. The molecule has 0 fully saturated rings. The third-order valence-corrected chi connectivity index (χ3v) is 3.28. The third-order valence-electron chi connectivity index (χ3n) is 3.28. The molecule has 102 valence electrons. The van der Waals surface area contributed by atoms with Crippen LogP contribution in [0.3, 0.4) is 0 Å². The summed E-state index contributed by atoms with van der Waals surface area (Å²) in [7, 11) is 0. The zero-order valence-corrected chi connectivity index (χ0v) is 10.7. The van der Waals surface area contributed by atoms with Gasteiger partial charge in [-0.25, -0.2) is 0 Å². The first-order chi connectivity index (χ1) is 9.75. The van der Waals surface area contributed by atoms with Crippen molar-refractivity contribution in [3.63, 3.8) is 0 Å². The van der Waals surface area contributed by atoms with Crippen LogP contribution in [0.4, 0.5) is 11.4 Å². The molecule has 1 atom stereocenters. The topological polar surface area (TPSA) is 77.3 Å². The van der Waals surface area contributed by atoms with E-state index in [1.54, 1.807) is 12.3 Å². The number of fused-ring (bicyclic) bond motifs is 1. The zero-order chi connectivity index (χ0) is 13.9. The van der Waals surface area contributed by atoms with E-state index in [4.69, 9.17) is 4.74 Å². The van der Waals surface area contributed by atoms with E-state index in [2.05, 4.69) is 10.3 Å². The minimum absolute atomic E-state index is 0.000972. The summed E-state index contributed by atoms with van der Waals surface area (Å²) >= 11 is 0. The van der Waals surface area contributed by atoms with Gasteiger partial charge in [-0.05, 0) is 12.1 Å². The quantitative estimate of drug-likeness (QED) is 0.686. The number of nitrogens with one attached hydrogen (secondary N) is 1. The van der Waals surface area contributed by atoms with E-state index < -0.39 is 4.92 Å². The zero-order valence-electron chi connectivity index (χ0n) is 10.7. The fraction of sp³-hybridized carbons (Fsp3) is 0.214. The molecule has 1 aliphatic rings. The Morgan fingerprint density at radius 3 is 3.05 bits per heavy atom. The van der Waals surface area contributed by atoms with Gasteiger partial charge in [0.05, 0.1) is 17.6 Å². The number of ether oxygens (including phenoxy) is 1. The molecule has 3 rings (SSSR count). The standard InChI is InChI=1S/C14H13N3O3/c18-17(19)13-9-15-7-5-12(13)16-11-6-8-20-14-4-2-1-3-10(11)14/h1-5,7,9,11H,6,8H2,(H,15,16). The van der Waals surface area contributed by atoms with Crippen LogP contribution in [0.25, 0.3) is 0 Å². The average Bonchev–Trinajstić information content (AvgIpc) is 2.48. The molecule has 6 nitrogen and oxygen atoms in total. The van der Waals surface area contributed by atoms with E-state index in [0.29, 0.717) is 12.3 Å². The molecule has 2 aromatic rings. The van der Waals surface area contributed by atoms with Gasteiger partial charge >= 0.3 is 5.69 Å². The average molecular weight is 271 g/mol.